The molecule has 0 unspecified atom stereocenters. The fourth-order valence-corrected chi connectivity index (χ4v) is 0.259. The third-order valence-corrected chi connectivity index (χ3v) is 0.762. The molecule has 0 saturated carbocycles. The van der Waals surface area contributed by atoms with Crippen molar-refractivity contribution in [2.75, 3.05) is 0 Å². The Morgan fingerprint density at radius 2 is 2.62 bits per heavy atom. The van der Waals surface area contributed by atoms with Gasteiger partial charge in [0.15, 0.2) is 23.0 Å². The summed E-state index contributed by atoms with van der Waals surface area (Å²) in [7, 11) is 0. The molecule has 0 saturated heterocycles. The van der Waals surface area contributed by atoms with Crippen molar-refractivity contribution in [3.63, 3.8) is 0 Å². The molecule has 0 atom stereocenters. The molecule has 0 aliphatic heterocycles. The Morgan fingerprint density at radius 1 is 2.00 bits per heavy atom. The van der Waals surface area contributed by atoms with E-state index in [1.54, 1.807) is 0 Å². The van der Waals surface area contributed by atoms with Crippen LogP contribution in [-0.2, 0) is 3.07 Å². The smallest absolute Gasteiger partial charge is 0.378 e. The number of rotatable bonds is 1. The van der Waals surface area contributed by atoms with Gasteiger partial charge in [-0.3, -0.25) is 5.32 Å². The Kier molecular flexibility index (Phi) is 4.39. The third kappa shape index (κ3) is 3.70. The van der Waals surface area contributed by atoms with Gasteiger partial charge in [0.1, 0.15) is 0 Å². The summed E-state index contributed by atoms with van der Waals surface area (Å²) in [5, 5.41) is 2.21. The Hall–Kier alpha value is -0.480. The zero-order chi connectivity index (χ0) is 6.41. The number of nitrogens with one attached hydrogen (secondary N) is 1. The maximum atomic E-state index is 10.1. The van der Waals surface area contributed by atoms with Crippen LogP contribution in [0.5, 0.6) is 0 Å². The molecule has 0 aromatic rings. The Morgan fingerprint density at radius 3 is 3.00 bits per heavy atom. The summed E-state index contributed by atoms with van der Waals surface area (Å²) in [6, 6.07) is 0. The molecule has 8 heavy (non-hydrogen) atoms. The third-order valence-electron chi connectivity index (χ3n) is 0.362. The summed E-state index contributed by atoms with van der Waals surface area (Å²) < 4.78 is 4.17. The number of amides is 1. The highest BCUT2D eigenvalue weighted by Gasteiger charge is 1.90. The van der Waals surface area contributed by atoms with Crippen LogP contribution in [0, 0.1) is 0 Å². The first-order valence-corrected chi connectivity index (χ1v) is 2.62. The molecule has 1 amide bonds. The van der Waals surface area contributed by atoms with Gasteiger partial charge in [0.05, 0.1) is 0 Å². The second kappa shape index (κ2) is 4.67. The summed E-state index contributed by atoms with van der Waals surface area (Å²) in [5.74, 6) is 0. The van der Waals surface area contributed by atoms with Crippen molar-refractivity contribution in [1.29, 1.82) is 0 Å². The molecule has 0 spiro atoms. The summed E-state index contributed by atoms with van der Waals surface area (Å²) in [6.45, 7) is 3.21. The van der Waals surface area contributed by atoms with Crippen molar-refractivity contribution < 1.29 is 7.86 Å². The molecule has 0 radical (unpaired) electrons. The second-order valence-electron chi connectivity index (χ2n) is 0.857. The maximum absolute atomic E-state index is 10.1. The predicted molar refractivity (Wildman–Crippen MR) is 37.3 cm³/mol. The first kappa shape index (κ1) is 7.52. The number of halogens is 1. The first-order valence-electron chi connectivity index (χ1n) is 1.74. The van der Waals surface area contributed by atoms with Crippen LogP contribution >= 0.6 is 23.0 Å². The summed E-state index contributed by atoms with van der Waals surface area (Å²) >= 11 is 1.47. The quantitative estimate of drug-likeness (QED) is 0.540. The van der Waals surface area contributed by atoms with E-state index in [1.165, 1.54) is 29.2 Å². The molecule has 0 aromatic heterocycles. The van der Waals surface area contributed by atoms with E-state index in [-0.39, 0.29) is 0 Å². The fraction of sp³-hybridized carbons (Fsp3) is 0. The lowest BCUT2D eigenvalue weighted by Crippen LogP contribution is -2.13. The van der Waals surface area contributed by atoms with E-state index >= 15 is 0 Å². The second-order valence-corrected chi connectivity index (χ2v) is 1.30. The zero-order valence-electron chi connectivity index (χ0n) is 3.98. The lowest BCUT2D eigenvalue weighted by molar-refractivity contribution is 0.219. The molecular weight excluding hydrogens is 221 g/mol. The zero-order valence-corrected chi connectivity index (χ0v) is 6.14. The number of carbonyl (C=O) groups excluding carboxylic acids is 1. The minimum Gasteiger partial charge on any atom is -0.378 e. The molecule has 0 heterocycles. The van der Waals surface area contributed by atoms with Crippen molar-refractivity contribution in [1.82, 2.24) is 5.32 Å². The topological polar surface area (TPSA) is 38.3 Å². The monoisotopic (exact) mass is 225 g/mol. The van der Waals surface area contributed by atoms with Crippen LogP contribution in [0.25, 0.3) is 0 Å². The van der Waals surface area contributed by atoms with Crippen LogP contribution in [0.4, 0.5) is 4.79 Å². The average Bonchev–Trinajstić information content (AvgIpc) is 1.83. The van der Waals surface area contributed by atoms with Gasteiger partial charge in [-0.05, 0) is 0 Å². The van der Waals surface area contributed by atoms with E-state index in [4.69, 9.17) is 0 Å². The number of hydrogen-bond donors (Lipinski definition) is 1. The standard InChI is InChI=1S/C4H4INO2/c1-2-3-6-4(7)8-5/h3H,1H2,(H,6,7). The molecule has 0 aliphatic rings. The minimum atomic E-state index is -0.526. The van der Waals surface area contributed by atoms with Crippen molar-refractivity contribution in [2.45, 2.75) is 0 Å². The van der Waals surface area contributed by atoms with Gasteiger partial charge in [-0.1, -0.05) is 6.58 Å². The average molecular weight is 225 g/mol. The molecule has 1 N–H and O–H groups in total. The molecule has 0 aliphatic carbocycles. The number of hydrogen-bond acceptors (Lipinski definition) is 2. The summed E-state index contributed by atoms with van der Waals surface area (Å²) in [6.07, 6.45) is 0.739. The van der Waals surface area contributed by atoms with Gasteiger partial charge in [0.25, 0.3) is 0 Å². The van der Waals surface area contributed by atoms with Gasteiger partial charge in [0.2, 0.25) is 0 Å². The van der Waals surface area contributed by atoms with E-state index in [0.29, 0.717) is 0 Å². The molecular formula is C4H4INO2. The van der Waals surface area contributed by atoms with Crippen molar-refractivity contribution >= 4 is 29.1 Å². The first-order chi connectivity index (χ1) is 3.81. The molecule has 0 aromatic carbocycles. The van der Waals surface area contributed by atoms with Crippen molar-refractivity contribution in [2.24, 2.45) is 0 Å². The van der Waals surface area contributed by atoms with E-state index in [1.807, 2.05) is 0 Å². The Labute approximate surface area is 61.1 Å². The van der Waals surface area contributed by atoms with Gasteiger partial charge in [-0.2, -0.15) is 0 Å². The van der Waals surface area contributed by atoms with E-state index in [2.05, 4.69) is 20.7 Å². The molecule has 0 rings (SSSR count). The van der Waals surface area contributed by atoms with Gasteiger partial charge in [-0.25, -0.2) is 4.79 Å². The Bertz CT molecular complexity index is 128. The van der Waals surface area contributed by atoms with Crippen LogP contribution in [-0.4, -0.2) is 6.09 Å². The van der Waals surface area contributed by atoms with Crippen LogP contribution in [0.2, 0.25) is 0 Å². The predicted octanol–water partition coefficient (Wildman–Crippen LogP) is 1.36. The van der Waals surface area contributed by atoms with Crippen LogP contribution in [0.15, 0.2) is 18.5 Å². The normalized spacial score (nSPS) is 6.62. The maximum Gasteiger partial charge on any atom is 0.421 e. The highest BCUT2D eigenvalue weighted by Crippen LogP contribution is 1.84. The summed E-state index contributed by atoms with van der Waals surface area (Å²) in [5.41, 5.74) is 2.34. The molecule has 3 nitrogen and oxygen atoms in total. The van der Waals surface area contributed by atoms with Gasteiger partial charge in [-0.15, -0.1) is 5.73 Å². The lowest BCUT2D eigenvalue weighted by Gasteiger charge is -1.88. The summed E-state index contributed by atoms with van der Waals surface area (Å²) in [4.78, 5) is 10.1. The van der Waals surface area contributed by atoms with Crippen LogP contribution in [0.1, 0.15) is 0 Å². The van der Waals surface area contributed by atoms with Crippen LogP contribution < -0.4 is 5.32 Å². The highest BCUT2D eigenvalue weighted by molar-refractivity contribution is 14.1. The highest BCUT2D eigenvalue weighted by atomic mass is 127. The molecule has 4 heteroatoms. The SMILES string of the molecule is C=C=CNC(=O)OI. The minimum absolute atomic E-state index is 0.526. The van der Waals surface area contributed by atoms with Gasteiger partial charge in [0, 0.05) is 6.20 Å². The molecule has 0 bridgehead atoms. The van der Waals surface area contributed by atoms with Gasteiger partial charge < -0.3 is 3.07 Å². The van der Waals surface area contributed by atoms with E-state index in [0.717, 1.165) is 0 Å². The molecule has 44 valence electrons. The van der Waals surface area contributed by atoms with Crippen molar-refractivity contribution in [3.8, 4) is 0 Å². The fourth-order valence-electron chi connectivity index (χ4n) is 0.132. The van der Waals surface area contributed by atoms with E-state index < -0.39 is 6.09 Å². The largest absolute Gasteiger partial charge is 0.421 e. The van der Waals surface area contributed by atoms with Crippen molar-refractivity contribution in [3.05, 3.63) is 18.5 Å². The number of carbonyl (C=O) groups is 1. The lowest BCUT2D eigenvalue weighted by atomic mass is 10.8. The van der Waals surface area contributed by atoms with Crippen LogP contribution in [0.3, 0.4) is 0 Å². The Balaban J connectivity index is 3.39. The van der Waals surface area contributed by atoms with Gasteiger partial charge >= 0.3 is 6.09 Å². The molecule has 0 fully saturated rings. The van der Waals surface area contributed by atoms with E-state index in [9.17, 15) is 4.79 Å².